The molecule has 5 nitrogen and oxygen atoms in total. The van der Waals surface area contributed by atoms with Crippen LogP contribution in [0.4, 0.5) is 0 Å². The first-order chi connectivity index (χ1) is 11.6. The minimum Gasteiger partial charge on any atom is -0.504 e. The maximum Gasteiger partial charge on any atom is 0.220 e. The number of pyridine rings is 1. The summed E-state index contributed by atoms with van der Waals surface area (Å²) in [4.78, 5) is 15.2. The first kappa shape index (κ1) is 14.4. The molecule has 0 fully saturated rings. The molecule has 0 bridgehead atoms. The van der Waals surface area contributed by atoms with Gasteiger partial charge in [-0.1, -0.05) is 12.1 Å². The first-order valence-electron chi connectivity index (χ1n) is 7.46. The third-order valence-electron chi connectivity index (χ3n) is 4.33. The van der Waals surface area contributed by atoms with Gasteiger partial charge in [0.2, 0.25) is 5.43 Å². The van der Waals surface area contributed by atoms with Crippen LogP contribution in [0, 0.1) is 0 Å². The normalized spacial score (nSPS) is 11.2. The summed E-state index contributed by atoms with van der Waals surface area (Å²) < 4.78 is 10.5. The maximum atomic E-state index is 12.0. The van der Waals surface area contributed by atoms with Crippen LogP contribution in [0.1, 0.15) is 0 Å². The molecule has 24 heavy (non-hydrogen) atoms. The van der Waals surface area contributed by atoms with Crippen molar-refractivity contribution in [3.05, 3.63) is 52.8 Å². The van der Waals surface area contributed by atoms with Gasteiger partial charge in [0.25, 0.3) is 0 Å². The molecular formula is C19H15NO4. The van der Waals surface area contributed by atoms with E-state index in [9.17, 15) is 9.90 Å². The van der Waals surface area contributed by atoms with E-state index in [2.05, 4.69) is 4.98 Å². The molecule has 3 aromatic carbocycles. The van der Waals surface area contributed by atoms with Crippen molar-refractivity contribution in [1.29, 1.82) is 0 Å². The smallest absolute Gasteiger partial charge is 0.220 e. The van der Waals surface area contributed by atoms with Crippen LogP contribution in [0.2, 0.25) is 0 Å². The Hall–Kier alpha value is -3.21. The number of benzene rings is 3. The molecule has 1 aromatic heterocycles. The molecule has 4 aromatic rings. The van der Waals surface area contributed by atoms with Crippen molar-refractivity contribution in [3.8, 4) is 17.2 Å². The number of phenols is 1. The molecule has 0 saturated heterocycles. The number of aromatic amines is 1. The van der Waals surface area contributed by atoms with Gasteiger partial charge < -0.3 is 19.6 Å². The summed E-state index contributed by atoms with van der Waals surface area (Å²) in [5, 5.41) is 14.4. The summed E-state index contributed by atoms with van der Waals surface area (Å²) in [6, 6.07) is 10.7. The lowest BCUT2D eigenvalue weighted by atomic mass is 10.0. The fraction of sp³-hybridized carbons (Fsp3) is 0.105. The largest absolute Gasteiger partial charge is 0.504 e. The highest BCUT2D eigenvalue weighted by molar-refractivity contribution is 6.16. The summed E-state index contributed by atoms with van der Waals surface area (Å²) in [5.41, 5.74) is 0.753. The van der Waals surface area contributed by atoms with E-state index in [1.54, 1.807) is 24.4 Å². The summed E-state index contributed by atoms with van der Waals surface area (Å²) in [7, 11) is 3.01. The molecule has 120 valence electrons. The Balaban J connectivity index is 2.18. The second-order valence-corrected chi connectivity index (χ2v) is 5.58. The Morgan fingerprint density at radius 1 is 0.917 bits per heavy atom. The Morgan fingerprint density at radius 2 is 1.71 bits per heavy atom. The van der Waals surface area contributed by atoms with E-state index in [1.807, 2.05) is 18.2 Å². The van der Waals surface area contributed by atoms with E-state index >= 15 is 0 Å². The Morgan fingerprint density at radius 3 is 2.46 bits per heavy atom. The Kier molecular flexibility index (Phi) is 3.09. The molecule has 0 aliphatic rings. The van der Waals surface area contributed by atoms with E-state index in [0.717, 1.165) is 32.4 Å². The third kappa shape index (κ3) is 1.91. The second kappa shape index (κ2) is 5.16. The van der Waals surface area contributed by atoms with Crippen molar-refractivity contribution < 1.29 is 14.6 Å². The van der Waals surface area contributed by atoms with Gasteiger partial charge in [-0.3, -0.25) is 4.79 Å². The molecule has 0 amide bonds. The van der Waals surface area contributed by atoms with Gasteiger partial charge in [-0.25, -0.2) is 0 Å². The van der Waals surface area contributed by atoms with Gasteiger partial charge in [-0.2, -0.15) is 0 Å². The lowest BCUT2D eigenvalue weighted by Gasteiger charge is -2.12. The lowest BCUT2D eigenvalue weighted by molar-refractivity contribution is 0.378. The highest BCUT2D eigenvalue weighted by Crippen LogP contribution is 2.38. The number of methoxy groups -OCH3 is 2. The van der Waals surface area contributed by atoms with Crippen LogP contribution in [0.3, 0.4) is 0 Å². The topological polar surface area (TPSA) is 71.5 Å². The molecule has 0 atom stereocenters. The van der Waals surface area contributed by atoms with Crippen LogP contribution in [0.5, 0.6) is 17.2 Å². The average molecular weight is 321 g/mol. The van der Waals surface area contributed by atoms with Crippen LogP contribution in [-0.4, -0.2) is 24.3 Å². The summed E-state index contributed by atoms with van der Waals surface area (Å²) >= 11 is 0. The van der Waals surface area contributed by atoms with Crippen LogP contribution >= 0.6 is 0 Å². The molecule has 0 saturated carbocycles. The molecule has 4 rings (SSSR count). The molecule has 0 aliphatic heterocycles. The predicted molar refractivity (Wildman–Crippen MR) is 94.3 cm³/mol. The lowest BCUT2D eigenvalue weighted by Crippen LogP contribution is -2.03. The third-order valence-corrected chi connectivity index (χ3v) is 4.33. The van der Waals surface area contributed by atoms with Crippen molar-refractivity contribution in [2.75, 3.05) is 14.2 Å². The van der Waals surface area contributed by atoms with Gasteiger partial charge in [-0.15, -0.1) is 0 Å². The van der Waals surface area contributed by atoms with Crippen LogP contribution in [0.15, 0.2) is 47.4 Å². The van der Waals surface area contributed by atoms with Crippen LogP contribution in [-0.2, 0) is 0 Å². The number of fused-ring (bicyclic) bond motifs is 5. The predicted octanol–water partition coefficient (Wildman–Crippen LogP) is 3.56. The monoisotopic (exact) mass is 321 g/mol. The van der Waals surface area contributed by atoms with Crippen LogP contribution in [0.25, 0.3) is 32.4 Å². The number of nitrogens with one attached hydrogen (secondary N) is 1. The molecule has 0 radical (unpaired) electrons. The van der Waals surface area contributed by atoms with Gasteiger partial charge in [0.15, 0.2) is 17.2 Å². The number of H-pyrrole nitrogens is 1. The average Bonchev–Trinajstić information content (AvgIpc) is 2.60. The quantitative estimate of drug-likeness (QED) is 0.554. The number of rotatable bonds is 2. The second-order valence-electron chi connectivity index (χ2n) is 5.58. The molecule has 0 spiro atoms. The number of hydrogen-bond acceptors (Lipinski definition) is 4. The van der Waals surface area contributed by atoms with E-state index < -0.39 is 0 Å². The highest BCUT2D eigenvalue weighted by Gasteiger charge is 2.12. The number of hydrogen-bond donors (Lipinski definition) is 2. The van der Waals surface area contributed by atoms with E-state index in [4.69, 9.17) is 9.47 Å². The molecule has 1 heterocycles. The number of aromatic nitrogens is 1. The van der Waals surface area contributed by atoms with Crippen molar-refractivity contribution in [1.82, 2.24) is 4.98 Å². The zero-order valence-electron chi connectivity index (χ0n) is 13.2. The number of aromatic hydroxyl groups is 1. The van der Waals surface area contributed by atoms with E-state index in [1.165, 1.54) is 14.2 Å². The van der Waals surface area contributed by atoms with Crippen molar-refractivity contribution in [2.24, 2.45) is 0 Å². The Bertz CT molecular complexity index is 1160. The molecular weight excluding hydrogens is 306 g/mol. The van der Waals surface area contributed by atoms with E-state index in [-0.39, 0.29) is 11.2 Å². The van der Waals surface area contributed by atoms with Gasteiger partial charge in [0, 0.05) is 22.4 Å². The SMILES string of the molecule is COc1cc2c(ccc3c4ccc(O)c(OC)c4c[nH]c23)cc1=O. The van der Waals surface area contributed by atoms with Crippen molar-refractivity contribution in [2.45, 2.75) is 0 Å². The minimum absolute atomic E-state index is 0.0937. The zero-order valence-corrected chi connectivity index (χ0v) is 13.2. The van der Waals surface area contributed by atoms with Gasteiger partial charge in [-0.05, 0) is 35.0 Å². The number of ether oxygens (including phenoxy) is 2. The standard InChI is InChI=1S/C19H15NO4/c1-23-17-8-13-10(7-16(17)22)3-4-12-11-5-6-15(21)19(24-2)14(11)9-20-18(12)13/h3-9,20-21H,1-2H3. The highest BCUT2D eigenvalue weighted by atomic mass is 16.5. The summed E-state index contributed by atoms with van der Waals surface area (Å²) in [6.07, 6.45) is 1.80. The van der Waals surface area contributed by atoms with Crippen molar-refractivity contribution >= 4 is 32.4 Å². The van der Waals surface area contributed by atoms with Gasteiger partial charge in [0.1, 0.15) is 0 Å². The summed E-state index contributed by atoms with van der Waals surface area (Å²) in [6.45, 7) is 0. The summed E-state index contributed by atoms with van der Waals surface area (Å²) in [5.74, 6) is 0.834. The van der Waals surface area contributed by atoms with Gasteiger partial charge in [0.05, 0.1) is 19.7 Å². The number of phenolic OH excluding ortho intramolecular Hbond substituents is 1. The molecule has 5 heteroatoms. The van der Waals surface area contributed by atoms with Gasteiger partial charge >= 0.3 is 0 Å². The molecule has 0 unspecified atom stereocenters. The fourth-order valence-corrected chi connectivity index (χ4v) is 3.20. The molecule has 2 N–H and O–H groups in total. The minimum atomic E-state index is -0.142. The Labute approximate surface area is 137 Å². The molecule has 0 aliphatic carbocycles. The fourth-order valence-electron chi connectivity index (χ4n) is 3.20. The van der Waals surface area contributed by atoms with E-state index in [0.29, 0.717) is 11.5 Å². The maximum absolute atomic E-state index is 12.0. The van der Waals surface area contributed by atoms with Crippen LogP contribution < -0.4 is 14.9 Å². The first-order valence-corrected chi connectivity index (χ1v) is 7.46. The zero-order chi connectivity index (χ0) is 16.8. The van der Waals surface area contributed by atoms with Crippen molar-refractivity contribution in [3.63, 3.8) is 0 Å².